The summed E-state index contributed by atoms with van der Waals surface area (Å²) in [6.45, 7) is 5.76. The Hall–Kier alpha value is -3.35. The molecule has 0 saturated heterocycles. The molecule has 2 N–H and O–H groups in total. The number of rotatable bonds is 9. The molecule has 1 aliphatic rings. The van der Waals surface area contributed by atoms with Crippen molar-refractivity contribution in [2.75, 3.05) is 19.7 Å². The molecule has 7 nitrogen and oxygen atoms in total. The van der Waals surface area contributed by atoms with E-state index in [1.54, 1.807) is 0 Å². The summed E-state index contributed by atoms with van der Waals surface area (Å²) in [5.74, 6) is -1.22. The van der Waals surface area contributed by atoms with Crippen LogP contribution in [-0.4, -0.2) is 53.2 Å². The number of aliphatic carboxylic acids is 1. The van der Waals surface area contributed by atoms with Gasteiger partial charge in [0.1, 0.15) is 13.2 Å². The summed E-state index contributed by atoms with van der Waals surface area (Å²) in [5.41, 5.74) is 4.12. The number of alkyl carbamates (subject to hydrolysis) is 1. The van der Waals surface area contributed by atoms with Gasteiger partial charge in [0.25, 0.3) is 0 Å². The van der Waals surface area contributed by atoms with Gasteiger partial charge in [0, 0.05) is 24.4 Å². The van der Waals surface area contributed by atoms with E-state index >= 15 is 0 Å². The second kappa shape index (κ2) is 10.5. The van der Waals surface area contributed by atoms with E-state index in [0.717, 1.165) is 11.1 Å². The Labute approximate surface area is 194 Å². The van der Waals surface area contributed by atoms with Crippen molar-refractivity contribution >= 4 is 18.0 Å². The lowest BCUT2D eigenvalue weighted by Gasteiger charge is -2.34. The van der Waals surface area contributed by atoms with Crippen LogP contribution in [0.5, 0.6) is 0 Å². The lowest BCUT2D eigenvalue weighted by molar-refractivity contribution is -0.148. The minimum absolute atomic E-state index is 0.0124. The third-order valence-corrected chi connectivity index (χ3v) is 5.83. The van der Waals surface area contributed by atoms with Gasteiger partial charge < -0.3 is 20.1 Å². The molecule has 33 heavy (non-hydrogen) atoms. The van der Waals surface area contributed by atoms with Crippen LogP contribution in [0.3, 0.4) is 0 Å². The van der Waals surface area contributed by atoms with Crippen molar-refractivity contribution in [3.05, 3.63) is 59.7 Å². The van der Waals surface area contributed by atoms with E-state index in [1.165, 1.54) is 16.0 Å². The van der Waals surface area contributed by atoms with Gasteiger partial charge in [-0.25, -0.2) is 4.79 Å². The standard InChI is InChI=1S/C26H32N2O5/c1-26(2,3)28(16-24(30)31)23(29)14-8-9-15-27-25(32)33-17-22-20-12-6-4-10-18(20)19-11-5-7-13-21(19)22/h4-7,10-13,22H,8-9,14-17H2,1-3H3,(H,27,32)(H,30,31). The molecule has 7 heteroatoms. The first-order chi connectivity index (χ1) is 15.7. The summed E-state index contributed by atoms with van der Waals surface area (Å²) >= 11 is 0. The Morgan fingerprint density at radius 3 is 2.09 bits per heavy atom. The fourth-order valence-electron chi connectivity index (χ4n) is 4.21. The zero-order valence-corrected chi connectivity index (χ0v) is 19.5. The van der Waals surface area contributed by atoms with Gasteiger partial charge in [-0.2, -0.15) is 0 Å². The van der Waals surface area contributed by atoms with Crippen molar-refractivity contribution in [2.24, 2.45) is 0 Å². The maximum Gasteiger partial charge on any atom is 0.407 e. The first-order valence-electron chi connectivity index (χ1n) is 11.3. The fourth-order valence-corrected chi connectivity index (χ4v) is 4.21. The molecule has 0 bridgehead atoms. The number of carbonyl (C=O) groups is 3. The topological polar surface area (TPSA) is 95.9 Å². The quantitative estimate of drug-likeness (QED) is 0.550. The van der Waals surface area contributed by atoms with Crippen LogP contribution >= 0.6 is 0 Å². The molecule has 0 heterocycles. The zero-order valence-electron chi connectivity index (χ0n) is 19.5. The first kappa shape index (κ1) is 24.3. The van der Waals surface area contributed by atoms with E-state index in [0.29, 0.717) is 19.4 Å². The number of nitrogens with one attached hydrogen (secondary N) is 1. The molecular formula is C26H32N2O5. The Morgan fingerprint density at radius 1 is 0.970 bits per heavy atom. The smallest absolute Gasteiger partial charge is 0.407 e. The number of unbranched alkanes of at least 4 members (excludes halogenated alkanes) is 1. The predicted octanol–water partition coefficient (Wildman–Crippen LogP) is 4.41. The van der Waals surface area contributed by atoms with E-state index < -0.39 is 17.6 Å². The van der Waals surface area contributed by atoms with Crippen LogP contribution in [-0.2, 0) is 14.3 Å². The van der Waals surface area contributed by atoms with Crippen LogP contribution in [0, 0.1) is 0 Å². The highest BCUT2D eigenvalue weighted by atomic mass is 16.5. The van der Waals surface area contributed by atoms with Crippen molar-refractivity contribution in [2.45, 2.75) is 51.5 Å². The molecule has 0 spiro atoms. The summed E-state index contributed by atoms with van der Waals surface area (Å²) in [6.07, 6.45) is 0.900. The largest absolute Gasteiger partial charge is 0.480 e. The molecule has 3 rings (SSSR count). The molecule has 0 saturated carbocycles. The van der Waals surface area contributed by atoms with Crippen LogP contribution in [0.15, 0.2) is 48.5 Å². The SMILES string of the molecule is CC(C)(C)N(CC(=O)O)C(=O)CCCCNC(=O)OCC1c2ccccc2-c2ccccc21. The highest BCUT2D eigenvalue weighted by Gasteiger charge is 2.29. The molecule has 0 unspecified atom stereocenters. The number of hydrogen-bond acceptors (Lipinski definition) is 4. The zero-order chi connectivity index (χ0) is 24.0. The number of benzene rings is 2. The number of nitrogens with zero attached hydrogens (tertiary/aromatic N) is 1. The Balaban J connectivity index is 1.42. The van der Waals surface area contributed by atoms with Gasteiger partial charge in [0.15, 0.2) is 0 Å². The maximum atomic E-state index is 12.4. The number of amides is 2. The molecule has 0 fully saturated rings. The van der Waals surface area contributed by atoms with E-state index in [9.17, 15) is 14.4 Å². The van der Waals surface area contributed by atoms with Crippen molar-refractivity contribution < 1.29 is 24.2 Å². The summed E-state index contributed by atoms with van der Waals surface area (Å²) < 4.78 is 5.50. The van der Waals surface area contributed by atoms with E-state index in [-0.39, 0.29) is 31.4 Å². The molecule has 2 aromatic carbocycles. The molecule has 1 aliphatic carbocycles. The molecule has 176 valence electrons. The Kier molecular flexibility index (Phi) is 7.74. The van der Waals surface area contributed by atoms with Gasteiger partial charge in [0.2, 0.25) is 5.91 Å². The molecule has 2 aromatic rings. The van der Waals surface area contributed by atoms with Crippen molar-refractivity contribution in [1.82, 2.24) is 10.2 Å². The third kappa shape index (κ3) is 6.12. The average molecular weight is 453 g/mol. The van der Waals surface area contributed by atoms with Crippen LogP contribution in [0.25, 0.3) is 11.1 Å². The molecule has 0 aliphatic heterocycles. The third-order valence-electron chi connectivity index (χ3n) is 5.83. The number of fused-ring (bicyclic) bond motifs is 3. The number of carboxylic acid groups (broad SMARTS) is 1. The Morgan fingerprint density at radius 2 is 1.55 bits per heavy atom. The average Bonchev–Trinajstić information content (AvgIpc) is 3.08. The molecule has 0 aromatic heterocycles. The fraction of sp³-hybridized carbons (Fsp3) is 0.423. The summed E-state index contributed by atoms with van der Waals surface area (Å²) in [4.78, 5) is 37.1. The van der Waals surface area contributed by atoms with Gasteiger partial charge in [-0.05, 0) is 55.9 Å². The molecule has 2 amide bonds. The number of carbonyl (C=O) groups excluding carboxylic acids is 2. The summed E-state index contributed by atoms with van der Waals surface area (Å²) in [5, 5.41) is 11.8. The minimum atomic E-state index is -1.03. The van der Waals surface area contributed by atoms with E-state index in [4.69, 9.17) is 9.84 Å². The van der Waals surface area contributed by atoms with Crippen LogP contribution in [0.4, 0.5) is 4.79 Å². The predicted molar refractivity (Wildman–Crippen MR) is 126 cm³/mol. The van der Waals surface area contributed by atoms with Crippen molar-refractivity contribution in [3.8, 4) is 11.1 Å². The van der Waals surface area contributed by atoms with Gasteiger partial charge in [-0.3, -0.25) is 9.59 Å². The van der Waals surface area contributed by atoms with Gasteiger partial charge in [-0.1, -0.05) is 48.5 Å². The van der Waals surface area contributed by atoms with Crippen molar-refractivity contribution in [3.63, 3.8) is 0 Å². The second-order valence-corrected chi connectivity index (χ2v) is 9.25. The van der Waals surface area contributed by atoms with Crippen LogP contribution in [0.2, 0.25) is 0 Å². The van der Waals surface area contributed by atoms with Crippen molar-refractivity contribution in [1.29, 1.82) is 0 Å². The van der Waals surface area contributed by atoms with E-state index in [2.05, 4.69) is 29.6 Å². The van der Waals surface area contributed by atoms with Gasteiger partial charge in [-0.15, -0.1) is 0 Å². The number of ether oxygens (including phenoxy) is 1. The highest BCUT2D eigenvalue weighted by molar-refractivity contribution is 5.82. The van der Waals surface area contributed by atoms with Crippen LogP contribution in [0.1, 0.15) is 57.1 Å². The normalized spacial score (nSPS) is 12.6. The monoisotopic (exact) mass is 452 g/mol. The van der Waals surface area contributed by atoms with E-state index in [1.807, 2.05) is 45.0 Å². The summed E-state index contributed by atoms with van der Waals surface area (Å²) in [6, 6.07) is 16.3. The van der Waals surface area contributed by atoms with Gasteiger partial charge >= 0.3 is 12.1 Å². The Bertz CT molecular complexity index is 966. The van der Waals surface area contributed by atoms with Gasteiger partial charge in [0.05, 0.1) is 0 Å². The number of carboxylic acids is 1. The molecule has 0 atom stereocenters. The minimum Gasteiger partial charge on any atom is -0.480 e. The first-order valence-corrected chi connectivity index (χ1v) is 11.3. The lowest BCUT2D eigenvalue weighted by Crippen LogP contribution is -2.48. The lowest BCUT2D eigenvalue weighted by atomic mass is 9.98. The molecular weight excluding hydrogens is 420 g/mol. The summed E-state index contributed by atoms with van der Waals surface area (Å²) in [7, 11) is 0. The molecule has 0 radical (unpaired) electrons. The number of hydrogen-bond donors (Lipinski definition) is 2. The highest BCUT2D eigenvalue weighted by Crippen LogP contribution is 2.44. The van der Waals surface area contributed by atoms with Crippen LogP contribution < -0.4 is 5.32 Å². The maximum absolute atomic E-state index is 12.4. The second-order valence-electron chi connectivity index (χ2n) is 9.25.